The Morgan fingerprint density at radius 2 is 1.88 bits per heavy atom. The topological polar surface area (TPSA) is 61.6 Å². The second kappa shape index (κ2) is 11.4. The summed E-state index contributed by atoms with van der Waals surface area (Å²) in [5.41, 5.74) is 0.439. The monoisotopic (exact) mass is 474 g/mol. The predicted octanol–water partition coefficient (Wildman–Crippen LogP) is 4.38. The second-order valence-electron chi connectivity index (χ2n) is 9.86. The summed E-state index contributed by atoms with van der Waals surface area (Å²) in [7, 11) is 0. The minimum Gasteiger partial charge on any atom is -0.441 e. The third-order valence-corrected chi connectivity index (χ3v) is 7.09. The van der Waals surface area contributed by atoms with Gasteiger partial charge in [-0.2, -0.15) is 0 Å². The molecule has 2 fully saturated rings. The molecule has 34 heavy (non-hydrogen) atoms. The van der Waals surface area contributed by atoms with E-state index in [2.05, 4.69) is 27.0 Å². The van der Waals surface area contributed by atoms with Gasteiger partial charge in [0.15, 0.2) is 0 Å². The maximum absolute atomic E-state index is 14.1. The third-order valence-electron chi connectivity index (χ3n) is 7.09. The van der Waals surface area contributed by atoms with Gasteiger partial charge >= 0.3 is 0 Å². The van der Waals surface area contributed by atoms with Crippen LogP contribution in [0.25, 0.3) is 11.5 Å². The van der Waals surface area contributed by atoms with E-state index in [4.69, 9.17) is 4.42 Å². The molecule has 0 bridgehead atoms. The van der Waals surface area contributed by atoms with Gasteiger partial charge in [0.1, 0.15) is 23.0 Å². The number of halogens is 2. The Balaban J connectivity index is 1.21. The van der Waals surface area contributed by atoms with Crippen LogP contribution >= 0.6 is 0 Å². The Kier molecular flexibility index (Phi) is 8.32. The number of aromatic nitrogens is 1. The number of hydrogen-bond donors (Lipinski definition) is 1. The van der Waals surface area contributed by atoms with Gasteiger partial charge in [-0.15, -0.1) is 0 Å². The zero-order valence-electron chi connectivity index (χ0n) is 20.3. The molecule has 0 spiro atoms. The van der Waals surface area contributed by atoms with Gasteiger partial charge in [0.25, 0.3) is 0 Å². The van der Waals surface area contributed by atoms with Crippen molar-refractivity contribution in [2.45, 2.75) is 52.5 Å². The van der Waals surface area contributed by atoms with Crippen LogP contribution in [-0.4, -0.2) is 60.0 Å². The number of hydrogen-bond acceptors (Lipinski definition) is 5. The van der Waals surface area contributed by atoms with Crippen molar-refractivity contribution in [3.05, 3.63) is 41.3 Å². The zero-order chi connectivity index (χ0) is 24.1. The lowest BCUT2D eigenvalue weighted by molar-refractivity contribution is -0.126. The Morgan fingerprint density at radius 1 is 1.15 bits per heavy atom. The van der Waals surface area contributed by atoms with Gasteiger partial charge in [0.2, 0.25) is 11.8 Å². The number of carbonyl (C=O) groups excluding carboxylic acids is 1. The van der Waals surface area contributed by atoms with Gasteiger partial charge in [-0.1, -0.05) is 13.0 Å². The normalized spacial score (nSPS) is 20.5. The molecule has 1 aromatic heterocycles. The number of piperidine rings is 2. The van der Waals surface area contributed by atoms with Crippen LogP contribution in [0, 0.1) is 30.4 Å². The molecule has 0 aliphatic carbocycles. The van der Waals surface area contributed by atoms with Crippen LogP contribution in [-0.2, 0) is 11.3 Å². The van der Waals surface area contributed by atoms with Gasteiger partial charge < -0.3 is 14.6 Å². The predicted molar refractivity (Wildman–Crippen MR) is 127 cm³/mol. The highest BCUT2D eigenvalue weighted by Crippen LogP contribution is 2.28. The quantitative estimate of drug-likeness (QED) is 0.576. The summed E-state index contributed by atoms with van der Waals surface area (Å²) >= 11 is 0. The minimum absolute atomic E-state index is 0.0311. The third kappa shape index (κ3) is 6.21. The lowest BCUT2D eigenvalue weighted by atomic mass is 9.95. The van der Waals surface area contributed by atoms with E-state index in [1.54, 1.807) is 6.92 Å². The smallest absolute Gasteiger partial charge is 0.232 e. The Morgan fingerprint density at radius 3 is 2.59 bits per heavy atom. The maximum atomic E-state index is 14.1. The number of carbonyl (C=O) groups is 1. The molecule has 0 saturated carbocycles. The highest BCUT2D eigenvalue weighted by atomic mass is 19.1. The van der Waals surface area contributed by atoms with E-state index in [0.717, 1.165) is 51.4 Å². The molecule has 2 aliphatic heterocycles. The number of nitrogens with one attached hydrogen (secondary N) is 1. The van der Waals surface area contributed by atoms with Crippen LogP contribution in [0.3, 0.4) is 0 Å². The molecule has 3 heterocycles. The van der Waals surface area contributed by atoms with E-state index < -0.39 is 11.6 Å². The van der Waals surface area contributed by atoms with E-state index in [9.17, 15) is 13.6 Å². The number of benzene rings is 1. The molecule has 2 aliphatic rings. The van der Waals surface area contributed by atoms with Crippen molar-refractivity contribution in [2.75, 3.05) is 39.3 Å². The van der Waals surface area contributed by atoms with Crippen LogP contribution in [0.2, 0.25) is 0 Å². The van der Waals surface area contributed by atoms with Crippen molar-refractivity contribution in [2.24, 2.45) is 11.8 Å². The minimum atomic E-state index is -0.690. The van der Waals surface area contributed by atoms with Crippen molar-refractivity contribution >= 4 is 5.91 Å². The molecular weight excluding hydrogens is 438 g/mol. The van der Waals surface area contributed by atoms with Crippen molar-refractivity contribution in [1.29, 1.82) is 0 Å². The van der Waals surface area contributed by atoms with Gasteiger partial charge in [0.05, 0.1) is 5.69 Å². The summed E-state index contributed by atoms with van der Waals surface area (Å²) in [6, 6.07) is 3.71. The maximum Gasteiger partial charge on any atom is 0.232 e. The molecule has 8 heteroatoms. The summed E-state index contributed by atoms with van der Waals surface area (Å²) in [6.45, 7) is 10.3. The van der Waals surface area contributed by atoms with Crippen LogP contribution in [0.1, 0.15) is 50.5 Å². The van der Waals surface area contributed by atoms with E-state index in [1.807, 2.05) is 0 Å². The first-order valence-electron chi connectivity index (χ1n) is 12.5. The van der Waals surface area contributed by atoms with E-state index in [-0.39, 0.29) is 23.3 Å². The lowest BCUT2D eigenvalue weighted by Gasteiger charge is -2.31. The van der Waals surface area contributed by atoms with E-state index in [0.29, 0.717) is 18.0 Å². The number of amides is 1. The fourth-order valence-electron chi connectivity index (χ4n) is 5.10. The number of nitrogens with zero attached hydrogens (tertiary/aromatic N) is 3. The molecule has 2 saturated heterocycles. The molecule has 1 aromatic carbocycles. The standard InChI is InChI=1S/C26H36F2N4O2/c1-18-6-4-12-31(16-18)13-5-11-29-25(33)20-9-14-32(15-10-20)17-23-19(2)34-26(30-23)24-21(27)7-3-8-22(24)28/h3,7-8,18,20H,4-6,9-17H2,1-2H3,(H,29,33)/t18-/m1/s1. The van der Waals surface area contributed by atoms with Crippen molar-refractivity contribution in [1.82, 2.24) is 20.1 Å². The molecule has 1 atom stereocenters. The Bertz CT molecular complexity index is 951. The first-order chi connectivity index (χ1) is 16.4. The summed E-state index contributed by atoms with van der Waals surface area (Å²) in [4.78, 5) is 21.7. The molecule has 0 radical (unpaired) electrons. The largest absolute Gasteiger partial charge is 0.441 e. The average molecular weight is 475 g/mol. The molecule has 1 N–H and O–H groups in total. The SMILES string of the molecule is Cc1oc(-c2c(F)cccc2F)nc1CN1CCC(C(=O)NCCCN2CCC[C@@H](C)C2)CC1. The van der Waals surface area contributed by atoms with Gasteiger partial charge in [-0.05, 0) is 83.3 Å². The van der Waals surface area contributed by atoms with E-state index >= 15 is 0 Å². The van der Waals surface area contributed by atoms with Gasteiger partial charge in [-0.25, -0.2) is 13.8 Å². The number of rotatable bonds is 8. The summed E-state index contributed by atoms with van der Waals surface area (Å²) in [5.74, 6) is 0.114. The van der Waals surface area contributed by atoms with Gasteiger partial charge in [-0.3, -0.25) is 9.69 Å². The Hall–Kier alpha value is -2.32. The fraction of sp³-hybridized carbons (Fsp3) is 0.615. The Labute approximate surface area is 200 Å². The van der Waals surface area contributed by atoms with Crippen molar-refractivity contribution < 1.29 is 18.0 Å². The fourth-order valence-corrected chi connectivity index (χ4v) is 5.10. The lowest BCUT2D eigenvalue weighted by Crippen LogP contribution is -2.41. The highest BCUT2D eigenvalue weighted by molar-refractivity contribution is 5.78. The second-order valence-corrected chi connectivity index (χ2v) is 9.86. The van der Waals surface area contributed by atoms with Crippen LogP contribution in [0.4, 0.5) is 8.78 Å². The summed E-state index contributed by atoms with van der Waals surface area (Å²) in [5, 5.41) is 3.13. The van der Waals surface area contributed by atoms with Crippen LogP contribution in [0.5, 0.6) is 0 Å². The molecule has 0 unspecified atom stereocenters. The number of likely N-dealkylation sites (tertiary alicyclic amines) is 2. The molecule has 186 valence electrons. The van der Waals surface area contributed by atoms with Crippen LogP contribution in [0.15, 0.2) is 22.6 Å². The summed E-state index contributed by atoms with van der Waals surface area (Å²) in [6.07, 6.45) is 5.19. The van der Waals surface area contributed by atoms with E-state index in [1.165, 1.54) is 44.1 Å². The first-order valence-corrected chi connectivity index (χ1v) is 12.5. The molecule has 4 rings (SSSR count). The molecule has 6 nitrogen and oxygen atoms in total. The zero-order valence-corrected chi connectivity index (χ0v) is 20.3. The van der Waals surface area contributed by atoms with Gasteiger partial charge in [0, 0.05) is 25.6 Å². The first kappa shape index (κ1) is 24.8. The number of oxazole rings is 1. The number of aryl methyl sites for hydroxylation is 1. The highest BCUT2D eigenvalue weighted by Gasteiger charge is 2.26. The molecule has 2 aromatic rings. The van der Waals surface area contributed by atoms with Crippen molar-refractivity contribution in [3.8, 4) is 11.5 Å². The van der Waals surface area contributed by atoms with Crippen molar-refractivity contribution in [3.63, 3.8) is 0 Å². The summed E-state index contributed by atoms with van der Waals surface area (Å²) < 4.78 is 33.8. The van der Waals surface area contributed by atoms with Crippen LogP contribution < -0.4 is 5.32 Å². The molecular formula is C26H36F2N4O2. The molecule has 1 amide bonds. The average Bonchev–Trinajstić information content (AvgIpc) is 3.16.